The van der Waals surface area contributed by atoms with Gasteiger partial charge in [-0.25, -0.2) is 0 Å². The van der Waals surface area contributed by atoms with Crippen molar-refractivity contribution in [1.82, 2.24) is 15.1 Å². The molecular formula is C17H21N3S. The molecule has 0 atom stereocenters. The van der Waals surface area contributed by atoms with E-state index >= 15 is 0 Å². The summed E-state index contributed by atoms with van der Waals surface area (Å²) in [6.45, 7) is 7.14. The van der Waals surface area contributed by atoms with Crippen molar-refractivity contribution in [3.8, 4) is 0 Å². The van der Waals surface area contributed by atoms with E-state index in [-0.39, 0.29) is 0 Å². The molecule has 0 saturated heterocycles. The largest absolute Gasteiger partial charge is 0.311 e. The highest BCUT2D eigenvalue weighted by molar-refractivity contribution is 7.09. The zero-order valence-electron chi connectivity index (χ0n) is 12.5. The molecule has 0 unspecified atom stereocenters. The smallest absolute Gasteiger partial charge is 0.0841 e. The van der Waals surface area contributed by atoms with Crippen LogP contribution in [0.2, 0.25) is 0 Å². The molecule has 2 heterocycles. The minimum absolute atomic E-state index is 0.657. The van der Waals surface area contributed by atoms with Crippen molar-refractivity contribution >= 4 is 22.2 Å². The molecule has 0 aliphatic rings. The third-order valence-electron chi connectivity index (χ3n) is 3.47. The lowest BCUT2D eigenvalue weighted by Crippen LogP contribution is -2.19. The van der Waals surface area contributed by atoms with Crippen LogP contribution >= 0.6 is 11.3 Å². The molecule has 21 heavy (non-hydrogen) atoms. The Morgan fingerprint density at radius 3 is 2.81 bits per heavy atom. The SMILES string of the molecule is CC(C)CNCc1nn(Cc2cccs2)c2ccccc12. The fraction of sp³-hybridized carbons (Fsp3) is 0.353. The van der Waals surface area contributed by atoms with Crippen LogP contribution in [0.1, 0.15) is 24.4 Å². The summed E-state index contributed by atoms with van der Waals surface area (Å²) in [5.41, 5.74) is 2.36. The van der Waals surface area contributed by atoms with Crippen LogP contribution in [0.3, 0.4) is 0 Å². The van der Waals surface area contributed by atoms with Crippen molar-refractivity contribution in [2.45, 2.75) is 26.9 Å². The second-order valence-corrected chi connectivity index (χ2v) is 6.76. The summed E-state index contributed by atoms with van der Waals surface area (Å²) < 4.78 is 2.12. The lowest BCUT2D eigenvalue weighted by Gasteiger charge is -2.05. The monoisotopic (exact) mass is 299 g/mol. The molecule has 3 rings (SSSR count). The Bertz CT molecular complexity index is 698. The molecule has 3 nitrogen and oxygen atoms in total. The predicted molar refractivity (Wildman–Crippen MR) is 89.7 cm³/mol. The average molecular weight is 299 g/mol. The number of hydrogen-bond donors (Lipinski definition) is 1. The molecule has 0 radical (unpaired) electrons. The summed E-state index contributed by atoms with van der Waals surface area (Å²) >= 11 is 1.78. The Morgan fingerprint density at radius 2 is 2.05 bits per heavy atom. The van der Waals surface area contributed by atoms with E-state index in [4.69, 9.17) is 5.10 Å². The van der Waals surface area contributed by atoms with Crippen LogP contribution in [0.25, 0.3) is 10.9 Å². The van der Waals surface area contributed by atoms with Gasteiger partial charge in [-0.15, -0.1) is 11.3 Å². The first-order valence-electron chi connectivity index (χ1n) is 7.41. The van der Waals surface area contributed by atoms with Gasteiger partial charge in [0.1, 0.15) is 0 Å². The summed E-state index contributed by atoms with van der Waals surface area (Å²) in [5.74, 6) is 0.657. The molecule has 2 aromatic heterocycles. The summed E-state index contributed by atoms with van der Waals surface area (Å²) in [5, 5.41) is 11.7. The first-order valence-corrected chi connectivity index (χ1v) is 8.29. The highest BCUT2D eigenvalue weighted by Crippen LogP contribution is 2.20. The summed E-state index contributed by atoms with van der Waals surface area (Å²) in [6, 6.07) is 12.8. The van der Waals surface area contributed by atoms with Gasteiger partial charge in [0.15, 0.2) is 0 Å². The van der Waals surface area contributed by atoms with Crippen molar-refractivity contribution in [3.63, 3.8) is 0 Å². The highest BCUT2D eigenvalue weighted by Gasteiger charge is 2.10. The van der Waals surface area contributed by atoms with Crippen LogP contribution in [0.4, 0.5) is 0 Å². The third-order valence-corrected chi connectivity index (χ3v) is 4.33. The van der Waals surface area contributed by atoms with Crippen molar-refractivity contribution in [2.75, 3.05) is 6.54 Å². The molecule has 1 aromatic carbocycles. The van der Waals surface area contributed by atoms with E-state index < -0.39 is 0 Å². The van der Waals surface area contributed by atoms with Crippen molar-refractivity contribution in [3.05, 3.63) is 52.3 Å². The zero-order chi connectivity index (χ0) is 14.7. The van der Waals surface area contributed by atoms with E-state index in [2.05, 4.69) is 65.6 Å². The van der Waals surface area contributed by atoms with Gasteiger partial charge in [0, 0.05) is 16.8 Å². The molecule has 0 spiro atoms. The van der Waals surface area contributed by atoms with Gasteiger partial charge in [0.2, 0.25) is 0 Å². The molecule has 4 heteroatoms. The average Bonchev–Trinajstić information content (AvgIpc) is 3.09. The van der Waals surface area contributed by atoms with Crippen LogP contribution in [0.15, 0.2) is 41.8 Å². The number of fused-ring (bicyclic) bond motifs is 1. The van der Waals surface area contributed by atoms with Crippen molar-refractivity contribution < 1.29 is 0 Å². The van der Waals surface area contributed by atoms with Gasteiger partial charge in [-0.3, -0.25) is 4.68 Å². The first-order chi connectivity index (χ1) is 10.2. The van der Waals surface area contributed by atoms with Gasteiger partial charge in [0.25, 0.3) is 0 Å². The number of para-hydroxylation sites is 1. The molecule has 3 aromatic rings. The summed E-state index contributed by atoms with van der Waals surface area (Å²) in [7, 11) is 0. The van der Waals surface area contributed by atoms with Crippen molar-refractivity contribution in [1.29, 1.82) is 0 Å². The van der Waals surface area contributed by atoms with E-state index in [9.17, 15) is 0 Å². The van der Waals surface area contributed by atoms with E-state index in [1.807, 2.05) is 0 Å². The summed E-state index contributed by atoms with van der Waals surface area (Å²) in [6.07, 6.45) is 0. The summed E-state index contributed by atoms with van der Waals surface area (Å²) in [4.78, 5) is 1.34. The lowest BCUT2D eigenvalue weighted by atomic mass is 10.2. The standard InChI is InChI=1S/C17H21N3S/c1-13(2)10-18-11-16-15-7-3-4-8-17(15)20(19-16)12-14-6-5-9-21-14/h3-9,13,18H,10-12H2,1-2H3. The Kier molecular flexibility index (Phi) is 4.36. The lowest BCUT2D eigenvalue weighted by molar-refractivity contribution is 0.544. The van der Waals surface area contributed by atoms with Crippen LogP contribution < -0.4 is 5.32 Å². The number of aromatic nitrogens is 2. The number of hydrogen-bond acceptors (Lipinski definition) is 3. The molecule has 0 amide bonds. The number of nitrogens with zero attached hydrogens (tertiary/aromatic N) is 2. The second-order valence-electron chi connectivity index (χ2n) is 5.73. The van der Waals surface area contributed by atoms with Crippen LogP contribution in [-0.2, 0) is 13.1 Å². The molecule has 0 saturated carbocycles. The maximum absolute atomic E-state index is 4.82. The molecule has 0 bridgehead atoms. The number of thiophene rings is 1. The first kappa shape index (κ1) is 14.3. The number of benzene rings is 1. The number of rotatable bonds is 6. The van der Waals surface area contributed by atoms with Crippen LogP contribution in [0, 0.1) is 5.92 Å². The molecular weight excluding hydrogens is 278 g/mol. The fourth-order valence-electron chi connectivity index (χ4n) is 2.48. The van der Waals surface area contributed by atoms with Crippen LogP contribution in [0.5, 0.6) is 0 Å². The molecule has 0 aliphatic carbocycles. The van der Waals surface area contributed by atoms with Gasteiger partial charge < -0.3 is 5.32 Å². The molecule has 1 N–H and O–H groups in total. The Balaban J connectivity index is 1.86. The highest BCUT2D eigenvalue weighted by atomic mass is 32.1. The van der Waals surface area contributed by atoms with Gasteiger partial charge in [-0.05, 0) is 30.0 Å². The maximum atomic E-state index is 4.82. The Morgan fingerprint density at radius 1 is 1.19 bits per heavy atom. The van der Waals surface area contributed by atoms with E-state index in [0.717, 1.165) is 25.3 Å². The second kappa shape index (κ2) is 6.41. The fourth-order valence-corrected chi connectivity index (χ4v) is 3.16. The van der Waals surface area contributed by atoms with Gasteiger partial charge in [-0.2, -0.15) is 5.10 Å². The third kappa shape index (κ3) is 3.34. The van der Waals surface area contributed by atoms with E-state index in [1.165, 1.54) is 15.8 Å². The topological polar surface area (TPSA) is 29.9 Å². The molecule has 110 valence electrons. The Labute approximate surface area is 129 Å². The zero-order valence-corrected chi connectivity index (χ0v) is 13.4. The molecule has 0 aliphatic heterocycles. The minimum Gasteiger partial charge on any atom is -0.311 e. The van der Waals surface area contributed by atoms with Gasteiger partial charge in [-0.1, -0.05) is 38.1 Å². The van der Waals surface area contributed by atoms with E-state index in [0.29, 0.717) is 5.92 Å². The quantitative estimate of drug-likeness (QED) is 0.748. The van der Waals surface area contributed by atoms with Crippen molar-refractivity contribution in [2.24, 2.45) is 5.92 Å². The maximum Gasteiger partial charge on any atom is 0.0841 e. The van der Waals surface area contributed by atoms with Crippen LogP contribution in [-0.4, -0.2) is 16.3 Å². The normalized spacial score (nSPS) is 11.6. The van der Waals surface area contributed by atoms with Gasteiger partial charge in [0.05, 0.1) is 17.8 Å². The predicted octanol–water partition coefficient (Wildman–Crippen LogP) is 3.89. The van der Waals surface area contributed by atoms with E-state index in [1.54, 1.807) is 11.3 Å². The minimum atomic E-state index is 0.657. The van der Waals surface area contributed by atoms with Gasteiger partial charge >= 0.3 is 0 Å². The number of nitrogens with one attached hydrogen (secondary N) is 1. The molecule has 0 fully saturated rings. The Hall–Kier alpha value is -1.65.